The Labute approximate surface area is 114 Å². The van der Waals surface area contributed by atoms with Gasteiger partial charge in [0.25, 0.3) is 0 Å². The monoisotopic (exact) mass is 287 g/mol. The molecule has 0 fully saturated rings. The lowest BCUT2D eigenvalue weighted by atomic mass is 10.3. The molecule has 0 aliphatic heterocycles. The van der Waals surface area contributed by atoms with Gasteiger partial charge in [-0.05, 0) is 12.1 Å². The summed E-state index contributed by atoms with van der Waals surface area (Å²) in [5.41, 5.74) is 0. The number of likely N-dealkylation sites (N-methyl/N-ethyl adjacent to an activating group) is 1. The quantitative estimate of drug-likeness (QED) is 0.666. The van der Waals surface area contributed by atoms with Crippen LogP contribution < -0.4 is 10.2 Å². The number of hydrogen-bond donors (Lipinski definition) is 3. The molecule has 0 spiro atoms. The summed E-state index contributed by atoms with van der Waals surface area (Å²) in [5.74, 6) is -1.24. The number of carbonyl (C=O) groups is 2. The van der Waals surface area contributed by atoms with Crippen LogP contribution in [0.1, 0.15) is 0 Å². The summed E-state index contributed by atoms with van der Waals surface area (Å²) in [6.07, 6.45) is -0.151. The Balaban J connectivity index is 2.44. The molecule has 7 nitrogen and oxygen atoms in total. The van der Waals surface area contributed by atoms with Gasteiger partial charge in [0.05, 0.1) is 18.1 Å². The summed E-state index contributed by atoms with van der Waals surface area (Å²) in [6.45, 7) is -0.350. The van der Waals surface area contributed by atoms with Crippen LogP contribution in [0.25, 0.3) is 0 Å². The van der Waals surface area contributed by atoms with Gasteiger partial charge in [-0.1, -0.05) is 11.6 Å². The van der Waals surface area contributed by atoms with E-state index in [4.69, 9.17) is 21.8 Å². The van der Waals surface area contributed by atoms with Gasteiger partial charge in [-0.2, -0.15) is 0 Å². The van der Waals surface area contributed by atoms with Crippen LogP contribution in [0, 0.1) is 0 Å². The van der Waals surface area contributed by atoms with Gasteiger partial charge in [0.2, 0.25) is 5.91 Å². The van der Waals surface area contributed by atoms with Crippen molar-refractivity contribution in [2.24, 2.45) is 0 Å². The van der Waals surface area contributed by atoms with Gasteiger partial charge in [0, 0.05) is 13.2 Å². The number of carboxylic acids is 1. The zero-order valence-corrected chi connectivity index (χ0v) is 11.0. The number of nitrogens with one attached hydrogen (secondary N) is 1. The third kappa shape index (κ3) is 5.11. The van der Waals surface area contributed by atoms with E-state index in [0.29, 0.717) is 10.8 Å². The molecule has 1 aromatic rings. The van der Waals surface area contributed by atoms with Crippen LogP contribution in [0.2, 0.25) is 5.02 Å². The molecule has 3 N–H and O–H groups in total. The molecule has 0 saturated carbocycles. The lowest BCUT2D eigenvalue weighted by molar-refractivity contribution is -0.146. The number of anilines is 1. The van der Waals surface area contributed by atoms with E-state index >= 15 is 0 Å². The van der Waals surface area contributed by atoms with E-state index in [1.807, 2.05) is 0 Å². The molecule has 8 heteroatoms. The lowest BCUT2D eigenvalue weighted by Gasteiger charge is -2.17. The van der Waals surface area contributed by atoms with Crippen LogP contribution in [0.15, 0.2) is 18.3 Å². The number of carbonyl (C=O) groups excluding carboxylic acids is 1. The number of aliphatic carboxylic acids is 1. The number of hydrogen-bond acceptors (Lipinski definition) is 5. The maximum atomic E-state index is 11.5. The number of amides is 1. The van der Waals surface area contributed by atoms with Crippen molar-refractivity contribution in [2.45, 2.75) is 6.10 Å². The number of pyridine rings is 1. The minimum Gasteiger partial charge on any atom is -0.479 e. The van der Waals surface area contributed by atoms with Crippen molar-refractivity contribution in [3.8, 4) is 0 Å². The maximum Gasteiger partial charge on any atom is 0.334 e. The highest BCUT2D eigenvalue weighted by Crippen LogP contribution is 2.12. The maximum absolute atomic E-state index is 11.5. The first-order valence-electron chi connectivity index (χ1n) is 5.40. The van der Waals surface area contributed by atoms with Crippen LogP contribution in [-0.4, -0.2) is 53.3 Å². The summed E-state index contributed by atoms with van der Waals surface area (Å²) in [5, 5.41) is 20.3. The van der Waals surface area contributed by atoms with Crippen LogP contribution in [0.4, 0.5) is 5.82 Å². The van der Waals surface area contributed by atoms with E-state index in [9.17, 15) is 9.59 Å². The zero-order valence-electron chi connectivity index (χ0n) is 10.2. The summed E-state index contributed by atoms with van der Waals surface area (Å²) < 4.78 is 0. The topological polar surface area (TPSA) is 103 Å². The van der Waals surface area contributed by atoms with Crippen molar-refractivity contribution in [3.05, 3.63) is 23.4 Å². The van der Waals surface area contributed by atoms with Crippen molar-refractivity contribution in [2.75, 3.05) is 25.0 Å². The van der Waals surface area contributed by atoms with Crippen molar-refractivity contribution in [3.63, 3.8) is 0 Å². The molecule has 0 radical (unpaired) electrons. The van der Waals surface area contributed by atoms with E-state index in [2.05, 4.69) is 10.3 Å². The fraction of sp³-hybridized carbons (Fsp3) is 0.364. The molecule has 0 saturated heterocycles. The first kappa shape index (κ1) is 15.2. The minimum atomic E-state index is -1.61. The second-order valence-electron chi connectivity index (χ2n) is 3.85. The Morgan fingerprint density at radius 3 is 2.74 bits per heavy atom. The molecular formula is C11H14ClN3O4. The van der Waals surface area contributed by atoms with Crippen LogP contribution in [0.3, 0.4) is 0 Å². The average Bonchev–Trinajstić information content (AvgIpc) is 2.36. The Bertz CT molecular complexity index is 452. The average molecular weight is 288 g/mol. The Kier molecular flexibility index (Phi) is 5.53. The minimum absolute atomic E-state index is 0.0129. The van der Waals surface area contributed by atoms with Gasteiger partial charge in [-0.3, -0.25) is 4.79 Å². The fourth-order valence-corrected chi connectivity index (χ4v) is 1.36. The Morgan fingerprint density at radius 2 is 2.21 bits per heavy atom. The van der Waals surface area contributed by atoms with Gasteiger partial charge in [-0.25, -0.2) is 9.78 Å². The van der Waals surface area contributed by atoms with E-state index in [1.165, 1.54) is 6.20 Å². The highest BCUT2D eigenvalue weighted by atomic mass is 35.5. The molecule has 104 valence electrons. The van der Waals surface area contributed by atoms with Crippen LogP contribution in [-0.2, 0) is 9.59 Å². The van der Waals surface area contributed by atoms with Crippen LogP contribution >= 0.6 is 11.6 Å². The van der Waals surface area contributed by atoms with Gasteiger partial charge < -0.3 is 20.4 Å². The molecule has 0 bridgehead atoms. The Morgan fingerprint density at radius 1 is 1.53 bits per heavy atom. The van der Waals surface area contributed by atoms with E-state index in [0.717, 1.165) is 0 Å². The van der Waals surface area contributed by atoms with Gasteiger partial charge in [0.15, 0.2) is 6.10 Å². The predicted molar refractivity (Wildman–Crippen MR) is 69.2 cm³/mol. The number of aromatic nitrogens is 1. The standard InChI is InChI=1S/C11H14ClN3O4/c1-15(9-3-2-7(12)4-13-9)6-10(17)14-5-8(16)11(18)19/h2-4,8,16H,5-6H2,1H3,(H,14,17)(H,18,19). The predicted octanol–water partition coefficient (Wildman–Crippen LogP) is -0.267. The Hall–Kier alpha value is -1.86. The number of halogens is 1. The lowest BCUT2D eigenvalue weighted by Crippen LogP contribution is -2.41. The summed E-state index contributed by atoms with van der Waals surface area (Å²) >= 11 is 5.69. The first-order valence-corrected chi connectivity index (χ1v) is 5.78. The number of carboxylic acid groups (broad SMARTS) is 1. The molecule has 19 heavy (non-hydrogen) atoms. The molecule has 0 aromatic carbocycles. The molecular weight excluding hydrogens is 274 g/mol. The van der Waals surface area contributed by atoms with Gasteiger partial charge >= 0.3 is 5.97 Å². The second-order valence-corrected chi connectivity index (χ2v) is 4.29. The zero-order chi connectivity index (χ0) is 14.4. The number of nitrogens with zero attached hydrogens (tertiary/aromatic N) is 2. The van der Waals surface area contributed by atoms with E-state index in [1.54, 1.807) is 24.1 Å². The molecule has 1 aromatic heterocycles. The third-order valence-electron chi connectivity index (χ3n) is 2.26. The largest absolute Gasteiger partial charge is 0.479 e. The summed E-state index contributed by atoms with van der Waals surface area (Å²) in [7, 11) is 1.66. The SMILES string of the molecule is CN(CC(=O)NCC(O)C(=O)O)c1ccc(Cl)cn1. The molecule has 1 amide bonds. The van der Waals surface area contributed by atoms with Gasteiger partial charge in [0.1, 0.15) is 5.82 Å². The third-order valence-corrected chi connectivity index (χ3v) is 2.48. The second kappa shape index (κ2) is 6.91. The number of rotatable bonds is 6. The molecule has 1 atom stereocenters. The van der Waals surface area contributed by atoms with E-state index in [-0.39, 0.29) is 13.1 Å². The first-order chi connectivity index (χ1) is 8.90. The van der Waals surface area contributed by atoms with Crippen molar-refractivity contribution >= 4 is 29.3 Å². The molecule has 1 heterocycles. The summed E-state index contributed by atoms with van der Waals surface area (Å²) in [4.78, 5) is 27.5. The summed E-state index contributed by atoms with van der Waals surface area (Å²) in [6, 6.07) is 3.30. The molecule has 1 rings (SSSR count). The normalized spacial score (nSPS) is 11.7. The highest BCUT2D eigenvalue weighted by Gasteiger charge is 2.15. The van der Waals surface area contributed by atoms with Crippen molar-refractivity contribution in [1.82, 2.24) is 10.3 Å². The van der Waals surface area contributed by atoms with Crippen molar-refractivity contribution in [1.29, 1.82) is 0 Å². The van der Waals surface area contributed by atoms with E-state index < -0.39 is 18.0 Å². The van der Waals surface area contributed by atoms with Gasteiger partial charge in [-0.15, -0.1) is 0 Å². The van der Waals surface area contributed by atoms with Crippen molar-refractivity contribution < 1.29 is 19.8 Å². The molecule has 0 aliphatic rings. The number of aliphatic hydroxyl groups is 1. The number of aliphatic hydroxyl groups excluding tert-OH is 1. The molecule has 0 aliphatic carbocycles. The van der Waals surface area contributed by atoms with Crippen LogP contribution in [0.5, 0.6) is 0 Å². The smallest absolute Gasteiger partial charge is 0.334 e. The molecule has 1 unspecified atom stereocenters. The highest BCUT2D eigenvalue weighted by molar-refractivity contribution is 6.30. The fourth-order valence-electron chi connectivity index (χ4n) is 1.24.